The second kappa shape index (κ2) is 8.67. The van der Waals surface area contributed by atoms with E-state index < -0.39 is 6.36 Å². The number of alkyl halides is 3. The molecule has 0 aliphatic heterocycles. The van der Waals surface area contributed by atoms with Crippen molar-refractivity contribution in [3.63, 3.8) is 0 Å². The predicted octanol–water partition coefficient (Wildman–Crippen LogP) is 7.47. The molecular weight excluding hydrogens is 337 g/mol. The highest BCUT2D eigenvalue weighted by Gasteiger charge is 2.31. The summed E-state index contributed by atoms with van der Waals surface area (Å²) >= 11 is 0. The summed E-state index contributed by atoms with van der Waals surface area (Å²) in [5.41, 5.74) is 1.15. The quantitative estimate of drug-likeness (QED) is 0.524. The Kier molecular flexibility index (Phi) is 6.52. The van der Waals surface area contributed by atoms with Gasteiger partial charge in [-0.05, 0) is 73.5 Å². The fourth-order valence-corrected chi connectivity index (χ4v) is 5.02. The number of halogens is 3. The van der Waals surface area contributed by atoms with Crippen LogP contribution in [0.1, 0.15) is 82.6 Å². The highest BCUT2D eigenvalue weighted by molar-refractivity contribution is 5.29. The summed E-state index contributed by atoms with van der Waals surface area (Å²) in [6, 6.07) is 6.50. The van der Waals surface area contributed by atoms with Gasteiger partial charge < -0.3 is 4.74 Å². The lowest BCUT2D eigenvalue weighted by atomic mass is 9.72. The first-order chi connectivity index (χ1) is 12.4. The Morgan fingerprint density at radius 1 is 0.808 bits per heavy atom. The molecule has 0 spiro atoms. The van der Waals surface area contributed by atoms with Crippen LogP contribution in [0, 0.1) is 17.8 Å². The molecule has 0 aromatic heterocycles. The van der Waals surface area contributed by atoms with Crippen molar-refractivity contribution in [1.82, 2.24) is 0 Å². The predicted molar refractivity (Wildman–Crippen MR) is 98.2 cm³/mol. The largest absolute Gasteiger partial charge is 0.573 e. The van der Waals surface area contributed by atoms with E-state index in [1.54, 1.807) is 12.1 Å². The molecule has 1 aromatic rings. The van der Waals surface area contributed by atoms with E-state index in [1.807, 2.05) is 0 Å². The van der Waals surface area contributed by atoms with E-state index in [1.165, 1.54) is 63.5 Å². The van der Waals surface area contributed by atoms with E-state index in [4.69, 9.17) is 0 Å². The third kappa shape index (κ3) is 5.65. The van der Waals surface area contributed by atoms with Crippen molar-refractivity contribution in [2.45, 2.75) is 83.4 Å². The third-order valence-corrected chi connectivity index (χ3v) is 6.64. The molecule has 2 aliphatic carbocycles. The van der Waals surface area contributed by atoms with Gasteiger partial charge in [0.2, 0.25) is 0 Å². The van der Waals surface area contributed by atoms with Crippen molar-refractivity contribution in [3.8, 4) is 5.75 Å². The molecule has 0 bridgehead atoms. The monoisotopic (exact) mass is 368 g/mol. The molecule has 4 heteroatoms. The van der Waals surface area contributed by atoms with Crippen LogP contribution in [-0.2, 0) is 0 Å². The van der Waals surface area contributed by atoms with Crippen molar-refractivity contribution in [2.75, 3.05) is 0 Å². The van der Waals surface area contributed by atoms with Crippen molar-refractivity contribution in [2.24, 2.45) is 17.8 Å². The zero-order valence-electron chi connectivity index (χ0n) is 15.7. The second-order valence-corrected chi connectivity index (χ2v) is 8.37. The molecule has 0 heterocycles. The topological polar surface area (TPSA) is 9.23 Å². The summed E-state index contributed by atoms with van der Waals surface area (Å²) in [6.45, 7) is 2.31. The van der Waals surface area contributed by atoms with E-state index in [0.717, 1.165) is 36.2 Å². The first kappa shape index (κ1) is 19.6. The van der Waals surface area contributed by atoms with Gasteiger partial charge in [-0.25, -0.2) is 0 Å². The third-order valence-electron chi connectivity index (χ3n) is 6.64. The number of benzene rings is 1. The minimum absolute atomic E-state index is 0.127. The fraction of sp³-hybridized carbons (Fsp3) is 0.727. The second-order valence-electron chi connectivity index (χ2n) is 8.37. The Hall–Kier alpha value is -1.19. The van der Waals surface area contributed by atoms with Crippen molar-refractivity contribution < 1.29 is 17.9 Å². The van der Waals surface area contributed by atoms with Gasteiger partial charge in [-0.3, -0.25) is 0 Å². The Balaban J connectivity index is 1.43. The van der Waals surface area contributed by atoms with E-state index >= 15 is 0 Å². The molecular formula is C22H31F3O. The van der Waals surface area contributed by atoms with Crippen LogP contribution in [0.25, 0.3) is 0 Å². The maximum Gasteiger partial charge on any atom is 0.573 e. The van der Waals surface area contributed by atoms with Crippen molar-refractivity contribution in [3.05, 3.63) is 29.8 Å². The molecule has 1 nitrogen and oxygen atoms in total. The van der Waals surface area contributed by atoms with Crippen LogP contribution in [0.2, 0.25) is 0 Å². The minimum atomic E-state index is -4.62. The van der Waals surface area contributed by atoms with Crippen LogP contribution in [0.15, 0.2) is 24.3 Å². The highest BCUT2D eigenvalue weighted by atomic mass is 19.4. The standard InChI is InChI=1S/C22H31F3O/c1-2-16-3-5-17(6-4-16)15-18-7-9-19(10-8-18)20-11-13-21(14-12-20)26-22(23,24)25/h11-14,16-19H,2-10,15H2,1H3. The summed E-state index contributed by atoms with van der Waals surface area (Å²) in [4.78, 5) is 0. The molecule has 146 valence electrons. The summed E-state index contributed by atoms with van der Waals surface area (Å²) in [6.07, 6.45) is 8.63. The lowest BCUT2D eigenvalue weighted by Gasteiger charge is -2.34. The summed E-state index contributed by atoms with van der Waals surface area (Å²) in [7, 11) is 0. The Bertz CT molecular complexity index is 536. The van der Waals surface area contributed by atoms with Gasteiger partial charge in [0.1, 0.15) is 5.75 Å². The van der Waals surface area contributed by atoms with Gasteiger partial charge >= 0.3 is 6.36 Å². The Morgan fingerprint density at radius 3 is 1.81 bits per heavy atom. The first-order valence-electron chi connectivity index (χ1n) is 10.3. The Morgan fingerprint density at radius 2 is 1.31 bits per heavy atom. The number of rotatable bonds is 5. The number of ether oxygens (including phenoxy) is 1. The molecule has 0 saturated heterocycles. The molecule has 2 aliphatic rings. The molecule has 0 unspecified atom stereocenters. The van der Waals surface area contributed by atoms with E-state index in [9.17, 15) is 13.2 Å². The molecule has 0 radical (unpaired) electrons. The van der Waals surface area contributed by atoms with E-state index in [2.05, 4.69) is 11.7 Å². The molecule has 2 saturated carbocycles. The van der Waals surface area contributed by atoms with Crippen LogP contribution in [0.4, 0.5) is 13.2 Å². The number of hydrogen-bond donors (Lipinski definition) is 0. The summed E-state index contributed by atoms with van der Waals surface area (Å²) in [5, 5.41) is 0. The lowest BCUT2D eigenvalue weighted by molar-refractivity contribution is -0.274. The van der Waals surface area contributed by atoms with Gasteiger partial charge in [0, 0.05) is 0 Å². The number of hydrogen-bond acceptors (Lipinski definition) is 1. The lowest BCUT2D eigenvalue weighted by Crippen LogP contribution is -2.20. The molecule has 1 aromatic carbocycles. The maximum atomic E-state index is 12.3. The minimum Gasteiger partial charge on any atom is -0.406 e. The van der Waals surface area contributed by atoms with Crippen molar-refractivity contribution in [1.29, 1.82) is 0 Å². The summed E-state index contributed by atoms with van der Waals surface area (Å²) in [5.74, 6) is 3.10. The molecule has 3 rings (SSSR count). The molecule has 0 N–H and O–H groups in total. The van der Waals surface area contributed by atoms with Crippen molar-refractivity contribution >= 4 is 0 Å². The van der Waals surface area contributed by atoms with Crippen LogP contribution in [0.5, 0.6) is 5.75 Å². The van der Waals surface area contributed by atoms with Crippen LogP contribution >= 0.6 is 0 Å². The van der Waals surface area contributed by atoms with E-state index in [0.29, 0.717) is 5.92 Å². The van der Waals surface area contributed by atoms with Gasteiger partial charge in [0.05, 0.1) is 0 Å². The first-order valence-corrected chi connectivity index (χ1v) is 10.3. The van der Waals surface area contributed by atoms with Crippen LogP contribution < -0.4 is 4.74 Å². The van der Waals surface area contributed by atoms with Gasteiger partial charge in [-0.1, -0.05) is 51.2 Å². The SMILES string of the molecule is CCC1CCC(CC2CCC(c3ccc(OC(F)(F)F)cc3)CC2)CC1. The maximum absolute atomic E-state index is 12.3. The average Bonchev–Trinajstić information content (AvgIpc) is 2.62. The van der Waals surface area contributed by atoms with Gasteiger partial charge in [-0.15, -0.1) is 13.2 Å². The van der Waals surface area contributed by atoms with Gasteiger partial charge in [0.15, 0.2) is 0 Å². The summed E-state index contributed by atoms with van der Waals surface area (Å²) < 4.78 is 40.7. The van der Waals surface area contributed by atoms with Crippen LogP contribution in [-0.4, -0.2) is 6.36 Å². The van der Waals surface area contributed by atoms with Gasteiger partial charge in [-0.2, -0.15) is 0 Å². The highest BCUT2D eigenvalue weighted by Crippen LogP contribution is 2.41. The fourth-order valence-electron chi connectivity index (χ4n) is 5.02. The normalized spacial score (nSPS) is 30.2. The zero-order chi connectivity index (χ0) is 18.6. The molecule has 2 fully saturated rings. The van der Waals surface area contributed by atoms with Crippen LogP contribution in [0.3, 0.4) is 0 Å². The van der Waals surface area contributed by atoms with E-state index in [-0.39, 0.29) is 5.75 Å². The average molecular weight is 368 g/mol. The zero-order valence-corrected chi connectivity index (χ0v) is 15.7. The molecule has 26 heavy (non-hydrogen) atoms. The Labute approximate surface area is 155 Å². The molecule has 0 amide bonds. The smallest absolute Gasteiger partial charge is 0.406 e. The molecule has 0 atom stereocenters. The van der Waals surface area contributed by atoms with Gasteiger partial charge in [0.25, 0.3) is 0 Å².